The summed E-state index contributed by atoms with van der Waals surface area (Å²) in [4.78, 5) is 33.6. The van der Waals surface area contributed by atoms with E-state index >= 15 is 0 Å². The summed E-state index contributed by atoms with van der Waals surface area (Å²) in [6.07, 6.45) is 8.88. The number of anilines is 2. The third kappa shape index (κ3) is 5.69. The molecular formula is C29H36N4O4. The second kappa shape index (κ2) is 11.2. The third-order valence-electron chi connectivity index (χ3n) is 7.36. The van der Waals surface area contributed by atoms with Crippen molar-refractivity contribution in [1.82, 2.24) is 9.88 Å². The lowest BCUT2D eigenvalue weighted by molar-refractivity contribution is -0.136. The van der Waals surface area contributed by atoms with Gasteiger partial charge in [0.1, 0.15) is 5.82 Å². The summed E-state index contributed by atoms with van der Waals surface area (Å²) in [5.74, 6) is -0.163. The predicted octanol–water partition coefficient (Wildman–Crippen LogP) is 4.56. The van der Waals surface area contributed by atoms with E-state index in [4.69, 9.17) is 5.73 Å². The van der Waals surface area contributed by atoms with Crippen molar-refractivity contribution >= 4 is 23.4 Å². The monoisotopic (exact) mass is 504 g/mol. The molecule has 8 nitrogen and oxygen atoms in total. The van der Waals surface area contributed by atoms with Gasteiger partial charge in [0, 0.05) is 47.7 Å². The van der Waals surface area contributed by atoms with Crippen molar-refractivity contribution in [2.75, 3.05) is 17.2 Å². The number of aromatic nitrogens is 1. The van der Waals surface area contributed by atoms with Crippen LogP contribution in [0.4, 0.5) is 11.5 Å². The Kier molecular flexibility index (Phi) is 7.97. The Morgan fingerprint density at radius 1 is 1.14 bits per heavy atom. The minimum absolute atomic E-state index is 0.0254. The molecule has 0 bridgehead atoms. The maximum atomic E-state index is 13.5. The Morgan fingerprint density at radius 2 is 1.81 bits per heavy atom. The third-order valence-corrected chi connectivity index (χ3v) is 7.36. The van der Waals surface area contributed by atoms with E-state index in [9.17, 15) is 19.8 Å². The maximum Gasteiger partial charge on any atom is 0.339 e. The number of carbonyl (C=O) groups is 2. The summed E-state index contributed by atoms with van der Waals surface area (Å²) in [5, 5.41) is 19.6. The average molecular weight is 505 g/mol. The molecule has 2 aromatic rings. The minimum Gasteiger partial charge on any atom is -0.478 e. The number of carbonyl (C=O) groups excluding carboxylic acids is 1. The van der Waals surface area contributed by atoms with Crippen LogP contribution in [0.3, 0.4) is 0 Å². The van der Waals surface area contributed by atoms with Crippen LogP contribution in [0.15, 0.2) is 60.1 Å². The zero-order valence-electron chi connectivity index (χ0n) is 21.7. The lowest BCUT2D eigenvalue weighted by Crippen LogP contribution is -2.43. The van der Waals surface area contributed by atoms with Gasteiger partial charge < -0.3 is 25.7 Å². The number of aliphatic hydroxyl groups is 1. The average Bonchev–Trinajstić information content (AvgIpc) is 2.89. The van der Waals surface area contributed by atoms with Crippen LogP contribution in [0.5, 0.6) is 0 Å². The number of benzene rings is 1. The van der Waals surface area contributed by atoms with Crippen LogP contribution < -0.4 is 10.6 Å². The van der Waals surface area contributed by atoms with Crippen molar-refractivity contribution in [2.45, 2.75) is 59.1 Å². The van der Waals surface area contributed by atoms with Crippen LogP contribution in [0.1, 0.15) is 52.0 Å². The molecule has 2 heterocycles. The normalized spacial score (nSPS) is 19.9. The molecule has 4 N–H and O–H groups in total. The summed E-state index contributed by atoms with van der Waals surface area (Å²) in [5.41, 5.74) is 9.50. The molecule has 1 aliphatic heterocycles. The molecule has 1 aliphatic carbocycles. The fourth-order valence-corrected chi connectivity index (χ4v) is 5.15. The van der Waals surface area contributed by atoms with Crippen molar-refractivity contribution in [1.29, 1.82) is 0 Å². The van der Waals surface area contributed by atoms with Crippen molar-refractivity contribution in [3.05, 3.63) is 65.6 Å². The second-order valence-electron chi connectivity index (χ2n) is 10.3. The van der Waals surface area contributed by atoms with E-state index in [1.54, 1.807) is 23.4 Å². The molecule has 0 spiro atoms. The number of amides is 1. The highest BCUT2D eigenvalue weighted by molar-refractivity contribution is 5.95. The molecule has 1 amide bonds. The zero-order chi connectivity index (χ0) is 26.7. The highest BCUT2D eigenvalue weighted by Crippen LogP contribution is 2.34. The molecule has 1 aromatic heterocycles. The molecule has 8 heteroatoms. The summed E-state index contributed by atoms with van der Waals surface area (Å²) in [6, 6.07) is 9.32. The number of hydrogen-bond donors (Lipinski definition) is 3. The molecule has 196 valence electrons. The minimum atomic E-state index is -1.06. The van der Waals surface area contributed by atoms with Crippen LogP contribution in [-0.2, 0) is 16.2 Å². The molecule has 1 aromatic carbocycles. The van der Waals surface area contributed by atoms with Gasteiger partial charge in [0.25, 0.3) is 0 Å². The lowest BCUT2D eigenvalue weighted by atomic mass is 9.82. The fourth-order valence-electron chi connectivity index (χ4n) is 5.15. The first kappa shape index (κ1) is 26.4. The van der Waals surface area contributed by atoms with Crippen molar-refractivity contribution in [3.8, 4) is 11.1 Å². The van der Waals surface area contributed by atoms with Gasteiger partial charge in [-0.15, -0.1) is 0 Å². The standard InChI is InChI=1S/C29H36N4O4/c1-18(2)33(28(35)21-6-4-19(3)5-7-21)26-12-13-32(16-25(26)29(36)37)24-10-8-20(9-11-24)22-14-23(17-34)27(30)31-15-22/h8-12,14-16,18-19,21,34H,4-7,13,17H2,1-3H3,(H2,30,31)(H,36,37). The number of rotatable bonds is 7. The zero-order valence-corrected chi connectivity index (χ0v) is 21.7. The summed E-state index contributed by atoms with van der Waals surface area (Å²) < 4.78 is 0. The van der Waals surface area contributed by atoms with E-state index in [0.717, 1.165) is 42.5 Å². The van der Waals surface area contributed by atoms with E-state index in [2.05, 4.69) is 11.9 Å². The van der Waals surface area contributed by atoms with Crippen molar-refractivity contribution < 1.29 is 19.8 Å². The first-order chi connectivity index (χ1) is 17.7. The Hall–Kier alpha value is -3.65. The molecule has 0 unspecified atom stereocenters. The number of aliphatic hydroxyl groups excluding tert-OH is 1. The van der Waals surface area contributed by atoms with Crippen LogP contribution in [0.25, 0.3) is 11.1 Å². The fraction of sp³-hybridized carbons (Fsp3) is 0.414. The predicted molar refractivity (Wildman–Crippen MR) is 144 cm³/mol. The van der Waals surface area contributed by atoms with Gasteiger partial charge in [0.05, 0.1) is 17.9 Å². The van der Waals surface area contributed by atoms with E-state index in [1.807, 2.05) is 49.1 Å². The van der Waals surface area contributed by atoms with Gasteiger partial charge >= 0.3 is 5.97 Å². The smallest absolute Gasteiger partial charge is 0.339 e. The van der Waals surface area contributed by atoms with Crippen LogP contribution >= 0.6 is 0 Å². The van der Waals surface area contributed by atoms with E-state index in [0.29, 0.717) is 29.5 Å². The summed E-state index contributed by atoms with van der Waals surface area (Å²) in [6.45, 7) is 6.34. The largest absolute Gasteiger partial charge is 0.478 e. The molecule has 0 atom stereocenters. The molecule has 37 heavy (non-hydrogen) atoms. The molecule has 1 fully saturated rings. The quantitative estimate of drug-likeness (QED) is 0.506. The van der Waals surface area contributed by atoms with Gasteiger partial charge in [-0.05, 0) is 75.3 Å². The SMILES string of the molecule is CC1CCC(C(=O)N(C2=CCN(c3ccc(-c4cnc(N)c(CO)c4)cc3)C=C2C(=O)O)C(C)C)CC1. The Balaban J connectivity index is 1.57. The maximum absolute atomic E-state index is 13.5. The molecule has 0 radical (unpaired) electrons. The number of nitrogens with zero attached hydrogens (tertiary/aromatic N) is 3. The van der Waals surface area contributed by atoms with Crippen molar-refractivity contribution in [2.24, 2.45) is 11.8 Å². The molecule has 2 aliphatic rings. The van der Waals surface area contributed by atoms with Crippen molar-refractivity contribution in [3.63, 3.8) is 0 Å². The Labute approximate surface area is 218 Å². The molecule has 1 saturated carbocycles. The molecule has 4 rings (SSSR count). The highest BCUT2D eigenvalue weighted by Gasteiger charge is 2.34. The molecule has 0 saturated heterocycles. The van der Waals surface area contributed by atoms with Crippen LogP contribution in [0.2, 0.25) is 0 Å². The van der Waals surface area contributed by atoms with Gasteiger partial charge in [0.15, 0.2) is 0 Å². The number of nitrogens with two attached hydrogens (primary N) is 1. The first-order valence-electron chi connectivity index (χ1n) is 12.9. The van der Waals surface area contributed by atoms with Gasteiger partial charge in [-0.1, -0.05) is 19.1 Å². The summed E-state index contributed by atoms with van der Waals surface area (Å²) >= 11 is 0. The number of aliphatic carboxylic acids is 1. The lowest BCUT2D eigenvalue weighted by Gasteiger charge is -2.37. The topological polar surface area (TPSA) is 120 Å². The number of pyridine rings is 1. The van der Waals surface area contributed by atoms with Gasteiger partial charge in [0.2, 0.25) is 5.91 Å². The number of hydrogen-bond acceptors (Lipinski definition) is 6. The summed E-state index contributed by atoms with van der Waals surface area (Å²) in [7, 11) is 0. The second-order valence-corrected chi connectivity index (χ2v) is 10.3. The number of carboxylic acid groups (broad SMARTS) is 1. The Morgan fingerprint density at radius 3 is 2.41 bits per heavy atom. The highest BCUT2D eigenvalue weighted by atomic mass is 16.4. The van der Waals surface area contributed by atoms with E-state index in [1.165, 1.54) is 0 Å². The van der Waals surface area contributed by atoms with Gasteiger partial charge in [-0.25, -0.2) is 9.78 Å². The Bertz CT molecular complexity index is 1210. The van der Waals surface area contributed by atoms with E-state index < -0.39 is 5.97 Å². The van der Waals surface area contributed by atoms with Gasteiger partial charge in [-0.3, -0.25) is 4.79 Å². The van der Waals surface area contributed by atoms with Crippen LogP contribution in [-0.4, -0.2) is 44.6 Å². The van der Waals surface area contributed by atoms with E-state index in [-0.39, 0.29) is 30.0 Å². The number of nitrogen functional groups attached to an aromatic ring is 1. The first-order valence-corrected chi connectivity index (χ1v) is 12.9. The number of carboxylic acids is 1. The molecular weight excluding hydrogens is 468 g/mol. The van der Waals surface area contributed by atoms with Crippen LogP contribution in [0, 0.1) is 11.8 Å². The van der Waals surface area contributed by atoms with Gasteiger partial charge in [-0.2, -0.15) is 0 Å².